The monoisotopic (exact) mass is 166 g/mol. The molecule has 1 N–H and O–H groups in total. The van der Waals surface area contributed by atoms with Crippen LogP contribution in [-0.4, -0.2) is 20.2 Å². The molecule has 0 amide bonds. The Morgan fingerprint density at radius 2 is 2.45 bits per heavy atom. The van der Waals surface area contributed by atoms with Crippen LogP contribution in [0.1, 0.15) is 5.82 Å². The minimum Gasteiger partial charge on any atom is -0.263 e. The number of aryl methyl sites for hydroxylation is 1. The fourth-order valence-electron chi connectivity index (χ4n) is 0.779. The summed E-state index contributed by atoms with van der Waals surface area (Å²) < 4.78 is 0. The molecule has 2 rings (SSSR count). The van der Waals surface area contributed by atoms with E-state index in [9.17, 15) is 0 Å². The fraction of sp³-hybridized carbons (Fsp3) is 0.167. The van der Waals surface area contributed by atoms with E-state index >= 15 is 0 Å². The Kier molecular flexibility index (Phi) is 1.43. The Hall–Kier alpha value is -1.23. The molecule has 0 radical (unpaired) electrons. The van der Waals surface area contributed by atoms with Gasteiger partial charge in [-0.15, -0.1) is 11.3 Å². The fourth-order valence-corrected chi connectivity index (χ4v) is 1.33. The smallest absolute Gasteiger partial charge is 0.192 e. The third-order valence-corrected chi connectivity index (χ3v) is 2.02. The molecular weight excluding hydrogens is 160 g/mol. The third-order valence-electron chi connectivity index (χ3n) is 1.25. The van der Waals surface area contributed by atoms with Crippen molar-refractivity contribution in [1.82, 2.24) is 20.2 Å². The predicted octanol–water partition coefficient (Wildman–Crippen LogP) is 1.24. The number of thiazole rings is 1. The van der Waals surface area contributed by atoms with Crippen molar-refractivity contribution in [2.75, 3.05) is 0 Å². The Bertz CT molecular complexity index is 337. The van der Waals surface area contributed by atoms with Crippen LogP contribution in [0.2, 0.25) is 0 Å². The van der Waals surface area contributed by atoms with Crippen LogP contribution in [0.15, 0.2) is 11.7 Å². The predicted molar refractivity (Wildman–Crippen MR) is 42.2 cm³/mol. The average molecular weight is 166 g/mol. The van der Waals surface area contributed by atoms with Crippen molar-refractivity contribution < 1.29 is 0 Å². The minimum absolute atomic E-state index is 0.727. The lowest BCUT2D eigenvalue weighted by Gasteiger charge is -1.80. The maximum Gasteiger partial charge on any atom is 0.192 e. The van der Waals surface area contributed by atoms with Crippen molar-refractivity contribution in [3.8, 4) is 10.7 Å². The molecular formula is C6H6N4S. The maximum absolute atomic E-state index is 4.16. The Balaban J connectivity index is 2.45. The number of hydrogen-bond acceptors (Lipinski definition) is 4. The number of H-pyrrole nitrogens is 1. The van der Waals surface area contributed by atoms with E-state index in [4.69, 9.17) is 0 Å². The molecule has 0 aliphatic heterocycles. The summed E-state index contributed by atoms with van der Waals surface area (Å²) in [7, 11) is 0. The van der Waals surface area contributed by atoms with Crippen molar-refractivity contribution in [2.45, 2.75) is 6.92 Å². The van der Waals surface area contributed by atoms with Gasteiger partial charge in [-0.2, -0.15) is 5.10 Å². The lowest BCUT2D eigenvalue weighted by atomic mass is 10.5. The normalized spacial score (nSPS) is 10.3. The summed E-state index contributed by atoms with van der Waals surface area (Å²) in [6, 6.07) is 0. The summed E-state index contributed by atoms with van der Waals surface area (Å²) in [5, 5.41) is 6.77. The van der Waals surface area contributed by atoms with Crippen LogP contribution < -0.4 is 0 Å². The van der Waals surface area contributed by atoms with E-state index in [0.29, 0.717) is 0 Å². The molecule has 4 nitrogen and oxygen atoms in total. The van der Waals surface area contributed by atoms with Gasteiger partial charge in [-0.1, -0.05) is 0 Å². The van der Waals surface area contributed by atoms with Crippen LogP contribution in [0, 0.1) is 6.92 Å². The number of nitrogens with zero attached hydrogens (tertiary/aromatic N) is 3. The Labute approximate surface area is 67.3 Å². The standard InChI is InChI=1S/C6H6N4S/c1-4-8-6(10-9-4)5-2-7-3-11-5/h2-3H,1H3,(H,8,9,10). The first kappa shape index (κ1) is 6.48. The van der Waals surface area contributed by atoms with E-state index in [2.05, 4.69) is 20.2 Å². The highest BCUT2D eigenvalue weighted by Gasteiger charge is 2.03. The van der Waals surface area contributed by atoms with Gasteiger partial charge in [0.25, 0.3) is 0 Å². The molecule has 0 spiro atoms. The second-order valence-electron chi connectivity index (χ2n) is 2.11. The van der Waals surface area contributed by atoms with Crippen LogP contribution in [0.5, 0.6) is 0 Å². The van der Waals surface area contributed by atoms with Gasteiger partial charge >= 0.3 is 0 Å². The molecule has 0 bridgehead atoms. The zero-order valence-electron chi connectivity index (χ0n) is 5.90. The summed E-state index contributed by atoms with van der Waals surface area (Å²) in [4.78, 5) is 9.08. The molecule has 2 heterocycles. The molecule has 0 fully saturated rings. The molecule has 5 heteroatoms. The van der Waals surface area contributed by atoms with Crippen molar-refractivity contribution in [3.63, 3.8) is 0 Å². The topological polar surface area (TPSA) is 54.5 Å². The molecule has 0 atom stereocenters. The van der Waals surface area contributed by atoms with E-state index in [-0.39, 0.29) is 0 Å². The SMILES string of the molecule is Cc1nc(-c2cncs2)n[nH]1. The summed E-state index contributed by atoms with van der Waals surface area (Å²) >= 11 is 1.53. The molecule has 0 aromatic carbocycles. The van der Waals surface area contributed by atoms with Crippen LogP contribution in [-0.2, 0) is 0 Å². The summed E-state index contributed by atoms with van der Waals surface area (Å²) in [5.74, 6) is 1.55. The first-order valence-corrected chi connectivity index (χ1v) is 4.02. The third kappa shape index (κ3) is 1.14. The Morgan fingerprint density at radius 3 is 3.00 bits per heavy atom. The molecule has 0 saturated carbocycles. The molecule has 0 saturated heterocycles. The lowest BCUT2D eigenvalue weighted by molar-refractivity contribution is 1.04. The molecule has 2 aromatic rings. The van der Waals surface area contributed by atoms with Gasteiger partial charge in [0, 0.05) is 6.20 Å². The highest BCUT2D eigenvalue weighted by atomic mass is 32.1. The first-order chi connectivity index (χ1) is 5.36. The summed E-state index contributed by atoms with van der Waals surface area (Å²) in [5.41, 5.74) is 1.76. The van der Waals surface area contributed by atoms with Crippen LogP contribution in [0.3, 0.4) is 0 Å². The van der Waals surface area contributed by atoms with E-state index in [1.165, 1.54) is 11.3 Å². The number of rotatable bonds is 1. The van der Waals surface area contributed by atoms with Crippen molar-refractivity contribution >= 4 is 11.3 Å². The molecule has 0 aliphatic carbocycles. The highest BCUT2D eigenvalue weighted by molar-refractivity contribution is 7.13. The zero-order valence-corrected chi connectivity index (χ0v) is 6.72. The summed E-state index contributed by atoms with van der Waals surface area (Å²) in [6.45, 7) is 1.87. The van der Waals surface area contributed by atoms with Gasteiger partial charge < -0.3 is 0 Å². The second kappa shape index (κ2) is 2.43. The quantitative estimate of drug-likeness (QED) is 0.693. The van der Waals surface area contributed by atoms with Crippen molar-refractivity contribution in [2.24, 2.45) is 0 Å². The van der Waals surface area contributed by atoms with Crippen LogP contribution in [0.25, 0.3) is 10.7 Å². The van der Waals surface area contributed by atoms with Crippen molar-refractivity contribution in [1.29, 1.82) is 0 Å². The largest absolute Gasteiger partial charge is 0.263 e. The highest BCUT2D eigenvalue weighted by Crippen LogP contribution is 2.17. The van der Waals surface area contributed by atoms with E-state index in [1.54, 1.807) is 11.7 Å². The van der Waals surface area contributed by atoms with Gasteiger partial charge in [-0.25, -0.2) is 4.98 Å². The first-order valence-electron chi connectivity index (χ1n) is 3.14. The van der Waals surface area contributed by atoms with E-state index in [0.717, 1.165) is 16.5 Å². The van der Waals surface area contributed by atoms with Gasteiger partial charge in [0.15, 0.2) is 5.82 Å². The van der Waals surface area contributed by atoms with Gasteiger partial charge in [0.2, 0.25) is 0 Å². The number of aromatic amines is 1. The molecule has 2 aromatic heterocycles. The second-order valence-corrected chi connectivity index (χ2v) is 3.00. The van der Waals surface area contributed by atoms with Crippen molar-refractivity contribution in [3.05, 3.63) is 17.5 Å². The van der Waals surface area contributed by atoms with Crippen LogP contribution >= 0.6 is 11.3 Å². The average Bonchev–Trinajstić information content (AvgIpc) is 2.55. The molecule has 0 unspecified atom stereocenters. The van der Waals surface area contributed by atoms with E-state index < -0.39 is 0 Å². The van der Waals surface area contributed by atoms with Gasteiger partial charge in [-0.05, 0) is 6.92 Å². The number of hydrogen-bond donors (Lipinski definition) is 1. The maximum atomic E-state index is 4.16. The molecule has 0 aliphatic rings. The molecule has 56 valence electrons. The van der Waals surface area contributed by atoms with Gasteiger partial charge in [0.1, 0.15) is 5.82 Å². The summed E-state index contributed by atoms with van der Waals surface area (Å²) in [6.07, 6.45) is 1.76. The molecule has 11 heavy (non-hydrogen) atoms. The zero-order chi connectivity index (χ0) is 7.68. The minimum atomic E-state index is 0.727. The van der Waals surface area contributed by atoms with Gasteiger partial charge in [-0.3, -0.25) is 10.1 Å². The Morgan fingerprint density at radius 1 is 1.55 bits per heavy atom. The number of nitrogens with one attached hydrogen (secondary N) is 1. The van der Waals surface area contributed by atoms with Crippen LogP contribution in [0.4, 0.5) is 0 Å². The lowest BCUT2D eigenvalue weighted by Crippen LogP contribution is -1.73. The van der Waals surface area contributed by atoms with Gasteiger partial charge in [0.05, 0.1) is 10.4 Å². The number of aromatic nitrogens is 4. The van der Waals surface area contributed by atoms with E-state index in [1.807, 2.05) is 6.92 Å².